The molecule has 1 rings (SSSR count). The number of carbonyl (C=O) groups is 2. The van der Waals surface area contributed by atoms with E-state index in [1.54, 1.807) is 0 Å². The second-order valence-corrected chi connectivity index (χ2v) is 5.92. The van der Waals surface area contributed by atoms with Crippen molar-refractivity contribution < 1.29 is 19.4 Å². The zero-order chi connectivity index (χ0) is 13.8. The van der Waals surface area contributed by atoms with Gasteiger partial charge in [0, 0.05) is 5.54 Å². The minimum atomic E-state index is -0.723. The zero-order valence-corrected chi connectivity index (χ0v) is 11.4. The Morgan fingerprint density at radius 3 is 2.22 bits per heavy atom. The van der Waals surface area contributed by atoms with Crippen LogP contribution in [0.1, 0.15) is 46.5 Å². The summed E-state index contributed by atoms with van der Waals surface area (Å²) in [6.07, 6.45) is 2.74. The highest BCUT2D eigenvalue weighted by Crippen LogP contribution is 2.26. The van der Waals surface area contributed by atoms with E-state index in [4.69, 9.17) is 9.84 Å². The summed E-state index contributed by atoms with van der Waals surface area (Å²) in [4.78, 5) is 22.3. The molecule has 0 heterocycles. The number of nitrogens with one attached hydrogen (secondary N) is 1. The lowest BCUT2D eigenvalue weighted by molar-refractivity contribution is -0.144. The summed E-state index contributed by atoms with van der Waals surface area (Å²) in [5.74, 6) is -1.09. The lowest BCUT2D eigenvalue weighted by Crippen LogP contribution is -2.43. The van der Waals surface area contributed by atoms with Crippen LogP contribution in [0, 0.1) is 5.92 Å². The molecule has 0 aliphatic heterocycles. The number of rotatable bonds is 4. The van der Waals surface area contributed by atoms with Crippen molar-refractivity contribution in [3.05, 3.63) is 0 Å². The molecule has 18 heavy (non-hydrogen) atoms. The molecule has 104 valence electrons. The fourth-order valence-corrected chi connectivity index (χ4v) is 2.12. The monoisotopic (exact) mass is 257 g/mol. The second-order valence-electron chi connectivity index (χ2n) is 5.92. The number of carbonyl (C=O) groups excluding carboxylic acids is 1. The molecule has 0 saturated heterocycles. The van der Waals surface area contributed by atoms with Crippen LogP contribution < -0.4 is 5.32 Å². The van der Waals surface area contributed by atoms with Crippen molar-refractivity contribution in [3.8, 4) is 0 Å². The summed E-state index contributed by atoms with van der Waals surface area (Å²) in [6.45, 7) is 5.81. The maximum Gasteiger partial charge on any atom is 0.306 e. The summed E-state index contributed by atoms with van der Waals surface area (Å²) in [6, 6.07) is 0. The van der Waals surface area contributed by atoms with E-state index < -0.39 is 5.97 Å². The van der Waals surface area contributed by atoms with Gasteiger partial charge in [-0.1, -0.05) is 0 Å². The van der Waals surface area contributed by atoms with Gasteiger partial charge in [-0.3, -0.25) is 9.59 Å². The van der Waals surface area contributed by atoms with E-state index in [9.17, 15) is 9.59 Å². The van der Waals surface area contributed by atoms with Gasteiger partial charge in [0.1, 0.15) is 6.61 Å². The molecule has 0 spiro atoms. The van der Waals surface area contributed by atoms with E-state index in [1.165, 1.54) is 0 Å². The van der Waals surface area contributed by atoms with Gasteiger partial charge in [-0.05, 0) is 46.5 Å². The number of amides is 1. The first-order chi connectivity index (χ1) is 8.28. The van der Waals surface area contributed by atoms with Crippen molar-refractivity contribution >= 4 is 11.9 Å². The standard InChI is InChI=1S/C13H23NO4/c1-13(2,3)14-11(15)8-18-10-6-4-9(5-7-10)12(16)17/h9-10H,4-8H2,1-3H3,(H,14,15)(H,16,17). The van der Waals surface area contributed by atoms with E-state index in [-0.39, 0.29) is 30.1 Å². The summed E-state index contributed by atoms with van der Waals surface area (Å²) in [5, 5.41) is 11.7. The molecule has 0 atom stereocenters. The van der Waals surface area contributed by atoms with E-state index >= 15 is 0 Å². The van der Waals surface area contributed by atoms with Crippen molar-refractivity contribution in [1.29, 1.82) is 0 Å². The highest BCUT2D eigenvalue weighted by molar-refractivity contribution is 5.77. The summed E-state index contributed by atoms with van der Waals surface area (Å²) >= 11 is 0. The van der Waals surface area contributed by atoms with E-state index in [2.05, 4.69) is 5.32 Å². The van der Waals surface area contributed by atoms with Gasteiger partial charge in [0.05, 0.1) is 12.0 Å². The maximum atomic E-state index is 11.5. The lowest BCUT2D eigenvalue weighted by Gasteiger charge is -2.27. The number of ether oxygens (including phenoxy) is 1. The lowest BCUT2D eigenvalue weighted by atomic mass is 9.87. The van der Waals surface area contributed by atoms with Gasteiger partial charge in [-0.2, -0.15) is 0 Å². The van der Waals surface area contributed by atoms with Crippen LogP contribution in [-0.2, 0) is 14.3 Å². The Hall–Kier alpha value is -1.10. The van der Waals surface area contributed by atoms with Crippen molar-refractivity contribution in [2.24, 2.45) is 5.92 Å². The molecule has 0 aromatic rings. The molecule has 1 saturated carbocycles. The van der Waals surface area contributed by atoms with E-state index in [0.717, 1.165) is 12.8 Å². The van der Waals surface area contributed by atoms with Gasteiger partial charge < -0.3 is 15.2 Å². The van der Waals surface area contributed by atoms with Crippen LogP contribution in [0.25, 0.3) is 0 Å². The molecule has 0 unspecified atom stereocenters. The fourth-order valence-electron chi connectivity index (χ4n) is 2.12. The smallest absolute Gasteiger partial charge is 0.306 e. The third-order valence-corrected chi connectivity index (χ3v) is 2.99. The topological polar surface area (TPSA) is 75.6 Å². The van der Waals surface area contributed by atoms with Gasteiger partial charge in [0.2, 0.25) is 5.91 Å². The van der Waals surface area contributed by atoms with Crippen LogP contribution in [0.15, 0.2) is 0 Å². The molecule has 5 heteroatoms. The molecule has 1 amide bonds. The molecule has 0 bridgehead atoms. The number of aliphatic carboxylic acids is 1. The van der Waals surface area contributed by atoms with Crippen LogP contribution in [0.5, 0.6) is 0 Å². The summed E-state index contributed by atoms with van der Waals surface area (Å²) in [5.41, 5.74) is -0.249. The predicted molar refractivity (Wildman–Crippen MR) is 67.2 cm³/mol. The quantitative estimate of drug-likeness (QED) is 0.801. The van der Waals surface area contributed by atoms with Crippen molar-refractivity contribution in [3.63, 3.8) is 0 Å². The number of carboxylic acids is 1. The Labute approximate surface area is 108 Å². The highest BCUT2D eigenvalue weighted by Gasteiger charge is 2.26. The fraction of sp³-hybridized carbons (Fsp3) is 0.846. The minimum Gasteiger partial charge on any atom is -0.481 e. The molecule has 0 radical (unpaired) electrons. The zero-order valence-electron chi connectivity index (χ0n) is 11.4. The number of hydrogen-bond acceptors (Lipinski definition) is 3. The first kappa shape index (κ1) is 15.0. The van der Waals surface area contributed by atoms with Gasteiger partial charge >= 0.3 is 5.97 Å². The predicted octanol–water partition coefficient (Wildman–Crippen LogP) is 1.56. The van der Waals surface area contributed by atoms with E-state index in [0.29, 0.717) is 12.8 Å². The first-order valence-corrected chi connectivity index (χ1v) is 6.43. The third-order valence-electron chi connectivity index (χ3n) is 2.99. The van der Waals surface area contributed by atoms with Gasteiger partial charge in [-0.15, -0.1) is 0 Å². The van der Waals surface area contributed by atoms with Gasteiger partial charge in [-0.25, -0.2) is 0 Å². The Morgan fingerprint density at radius 2 is 1.78 bits per heavy atom. The Kier molecular flexibility index (Phi) is 5.14. The van der Waals surface area contributed by atoms with Crippen molar-refractivity contribution in [2.45, 2.75) is 58.1 Å². The second kappa shape index (κ2) is 6.18. The summed E-state index contributed by atoms with van der Waals surface area (Å²) in [7, 11) is 0. The molecule has 1 aliphatic rings. The molecule has 0 aromatic carbocycles. The van der Waals surface area contributed by atoms with Crippen LogP contribution in [0.2, 0.25) is 0 Å². The van der Waals surface area contributed by atoms with Crippen molar-refractivity contribution in [2.75, 3.05) is 6.61 Å². The van der Waals surface area contributed by atoms with Gasteiger partial charge in [0.25, 0.3) is 0 Å². The Balaban J connectivity index is 2.22. The Bertz CT molecular complexity index is 301. The average Bonchev–Trinajstić information content (AvgIpc) is 2.24. The molecular formula is C13H23NO4. The summed E-state index contributed by atoms with van der Waals surface area (Å²) < 4.78 is 5.51. The average molecular weight is 257 g/mol. The normalized spacial score (nSPS) is 24.6. The number of hydrogen-bond donors (Lipinski definition) is 2. The molecule has 1 fully saturated rings. The van der Waals surface area contributed by atoms with Crippen molar-refractivity contribution in [1.82, 2.24) is 5.32 Å². The Morgan fingerprint density at radius 1 is 1.22 bits per heavy atom. The molecule has 1 aliphatic carbocycles. The molecule has 0 aromatic heterocycles. The molecule has 5 nitrogen and oxygen atoms in total. The minimum absolute atomic E-state index is 0.0197. The maximum absolute atomic E-state index is 11.5. The number of carboxylic acid groups (broad SMARTS) is 1. The molecule has 2 N–H and O–H groups in total. The SMILES string of the molecule is CC(C)(C)NC(=O)COC1CCC(C(=O)O)CC1. The highest BCUT2D eigenvalue weighted by atomic mass is 16.5. The van der Waals surface area contributed by atoms with Crippen LogP contribution in [0.3, 0.4) is 0 Å². The van der Waals surface area contributed by atoms with E-state index in [1.807, 2.05) is 20.8 Å². The molecular weight excluding hydrogens is 234 g/mol. The largest absolute Gasteiger partial charge is 0.481 e. The van der Waals surface area contributed by atoms with Gasteiger partial charge in [0.15, 0.2) is 0 Å². The third kappa shape index (κ3) is 5.49. The first-order valence-electron chi connectivity index (χ1n) is 6.43. The van der Waals surface area contributed by atoms with Crippen LogP contribution in [-0.4, -0.2) is 35.2 Å². The van der Waals surface area contributed by atoms with Crippen LogP contribution in [0.4, 0.5) is 0 Å². The van der Waals surface area contributed by atoms with Crippen LogP contribution >= 0.6 is 0 Å².